The van der Waals surface area contributed by atoms with Gasteiger partial charge < -0.3 is 9.84 Å². The second-order valence-electron chi connectivity index (χ2n) is 6.46. The first-order valence-electron chi connectivity index (χ1n) is 8.57. The predicted octanol–water partition coefficient (Wildman–Crippen LogP) is 3.39. The number of imide groups is 1. The van der Waals surface area contributed by atoms with Crippen LogP contribution in [0.3, 0.4) is 0 Å². The van der Waals surface area contributed by atoms with E-state index in [9.17, 15) is 27.2 Å². The Morgan fingerprint density at radius 2 is 1.70 bits per heavy atom. The van der Waals surface area contributed by atoms with Crippen LogP contribution < -0.4 is 5.32 Å². The molecule has 0 saturated carbocycles. The van der Waals surface area contributed by atoms with Crippen molar-refractivity contribution in [3.63, 3.8) is 0 Å². The zero-order chi connectivity index (χ0) is 21.5. The molecule has 1 N–H and O–H groups in total. The van der Waals surface area contributed by atoms with Gasteiger partial charge in [0.25, 0.3) is 11.8 Å². The molecule has 0 aliphatic carbocycles. The maximum absolute atomic E-state index is 14.0. The Morgan fingerprint density at radius 1 is 1.03 bits per heavy atom. The van der Waals surface area contributed by atoms with Gasteiger partial charge in [-0.05, 0) is 29.8 Å². The van der Waals surface area contributed by atoms with Crippen LogP contribution in [0.25, 0.3) is 11.5 Å². The third-order valence-corrected chi connectivity index (χ3v) is 4.60. The van der Waals surface area contributed by atoms with Gasteiger partial charge in [0.2, 0.25) is 5.54 Å². The third-order valence-electron chi connectivity index (χ3n) is 4.60. The molecule has 154 valence electrons. The first-order valence-corrected chi connectivity index (χ1v) is 8.57. The Bertz CT molecular complexity index is 1100. The second kappa shape index (κ2) is 6.94. The molecule has 11 heteroatoms. The number of hydrogen-bond donors (Lipinski definition) is 1. The molecule has 1 fully saturated rings. The molecule has 2 heterocycles. The quantitative estimate of drug-likeness (QED) is 0.517. The van der Waals surface area contributed by atoms with Crippen LogP contribution in [0.2, 0.25) is 0 Å². The Hall–Kier alpha value is -3.76. The zero-order valence-corrected chi connectivity index (χ0v) is 15.0. The molecule has 3 amide bonds. The fourth-order valence-electron chi connectivity index (χ4n) is 3.13. The van der Waals surface area contributed by atoms with E-state index in [0.29, 0.717) is 10.5 Å². The number of hydrogen-bond acceptors (Lipinski definition) is 5. The number of urea groups is 1. The molecular formula is C19H12F4N4O3. The summed E-state index contributed by atoms with van der Waals surface area (Å²) >= 11 is 0. The summed E-state index contributed by atoms with van der Waals surface area (Å²) in [5, 5.41) is 5.37. The van der Waals surface area contributed by atoms with Gasteiger partial charge in [0.1, 0.15) is 5.82 Å². The van der Waals surface area contributed by atoms with Crippen LogP contribution in [-0.4, -0.2) is 33.2 Å². The highest BCUT2D eigenvalue weighted by molar-refractivity contribution is 6.08. The van der Waals surface area contributed by atoms with Crippen molar-refractivity contribution in [2.24, 2.45) is 0 Å². The van der Waals surface area contributed by atoms with Crippen molar-refractivity contribution in [1.82, 2.24) is 20.4 Å². The summed E-state index contributed by atoms with van der Waals surface area (Å²) in [6, 6.07) is 10.2. The zero-order valence-electron chi connectivity index (χ0n) is 15.0. The van der Waals surface area contributed by atoms with Crippen molar-refractivity contribution in [2.75, 3.05) is 0 Å². The summed E-state index contributed by atoms with van der Waals surface area (Å²) in [4.78, 5) is 29.4. The summed E-state index contributed by atoms with van der Waals surface area (Å²) in [7, 11) is 0. The second-order valence-corrected chi connectivity index (χ2v) is 6.46. The molecule has 0 spiro atoms. The molecule has 1 unspecified atom stereocenters. The fourth-order valence-corrected chi connectivity index (χ4v) is 3.13. The molecule has 1 saturated heterocycles. The minimum Gasteiger partial charge on any atom is -0.334 e. The van der Waals surface area contributed by atoms with Crippen LogP contribution in [0.4, 0.5) is 22.4 Å². The molecule has 1 atom stereocenters. The lowest BCUT2D eigenvalue weighted by Crippen LogP contribution is -2.55. The summed E-state index contributed by atoms with van der Waals surface area (Å²) in [6.45, 7) is -0.639. The van der Waals surface area contributed by atoms with Crippen LogP contribution in [0.15, 0.2) is 59.1 Å². The van der Waals surface area contributed by atoms with Crippen LogP contribution in [0.5, 0.6) is 0 Å². The van der Waals surface area contributed by atoms with Crippen LogP contribution in [0, 0.1) is 5.82 Å². The average Bonchev–Trinajstić information content (AvgIpc) is 3.28. The maximum atomic E-state index is 14.0. The molecule has 1 aromatic heterocycles. The SMILES string of the molecule is O=C1NC(c2ccccc2)(C(F)(F)F)C(=O)N1Cc1noc(-c2ccc(F)cc2)n1. The van der Waals surface area contributed by atoms with Gasteiger partial charge in [0, 0.05) is 5.56 Å². The number of amides is 3. The standard InChI is InChI=1S/C19H12F4N4O3/c20-13-8-6-11(7-9-13)15-24-14(26-30-15)10-27-16(28)18(19(21,22)23,25-17(27)29)12-4-2-1-3-5-12/h1-9H,10H2,(H,25,29). The van der Waals surface area contributed by atoms with E-state index in [1.165, 1.54) is 30.3 Å². The monoisotopic (exact) mass is 420 g/mol. The largest absolute Gasteiger partial charge is 0.425 e. The number of aromatic nitrogens is 2. The Labute approximate surface area is 166 Å². The van der Waals surface area contributed by atoms with Crippen LogP contribution >= 0.6 is 0 Å². The number of nitrogens with zero attached hydrogens (tertiary/aromatic N) is 3. The normalized spacial score (nSPS) is 19.3. The molecule has 2 aromatic carbocycles. The van der Waals surface area contributed by atoms with Gasteiger partial charge >= 0.3 is 12.2 Å². The molecule has 1 aliphatic rings. The molecule has 0 radical (unpaired) electrons. The molecule has 0 bridgehead atoms. The topological polar surface area (TPSA) is 88.3 Å². The number of halogens is 4. The van der Waals surface area contributed by atoms with Crippen molar-refractivity contribution < 1.29 is 31.7 Å². The van der Waals surface area contributed by atoms with Crippen molar-refractivity contribution >= 4 is 11.9 Å². The number of nitrogens with one attached hydrogen (secondary N) is 1. The molecule has 3 aromatic rings. The van der Waals surface area contributed by atoms with Gasteiger partial charge in [0.05, 0.1) is 6.54 Å². The van der Waals surface area contributed by atoms with E-state index in [1.54, 1.807) is 5.32 Å². The third kappa shape index (κ3) is 3.08. The van der Waals surface area contributed by atoms with E-state index >= 15 is 0 Å². The van der Waals surface area contributed by atoms with Crippen molar-refractivity contribution in [3.05, 3.63) is 71.8 Å². The van der Waals surface area contributed by atoms with Crippen molar-refractivity contribution in [1.29, 1.82) is 0 Å². The highest BCUT2D eigenvalue weighted by Gasteiger charge is 2.68. The summed E-state index contributed by atoms with van der Waals surface area (Å²) < 4.78 is 59.9. The average molecular weight is 420 g/mol. The van der Waals surface area contributed by atoms with Gasteiger partial charge in [-0.25, -0.2) is 9.18 Å². The van der Waals surface area contributed by atoms with Gasteiger partial charge in [-0.3, -0.25) is 9.69 Å². The minimum absolute atomic E-state index is 0.0396. The van der Waals surface area contributed by atoms with Crippen LogP contribution in [-0.2, 0) is 16.9 Å². The lowest BCUT2D eigenvalue weighted by atomic mass is 9.89. The first kappa shape index (κ1) is 19.6. The Balaban J connectivity index is 1.64. The van der Waals surface area contributed by atoms with Gasteiger partial charge in [-0.2, -0.15) is 18.2 Å². The Kier molecular flexibility index (Phi) is 4.52. The number of alkyl halides is 3. The highest BCUT2D eigenvalue weighted by Crippen LogP contribution is 2.43. The summed E-state index contributed by atoms with van der Waals surface area (Å²) in [6.07, 6.45) is -5.09. The van der Waals surface area contributed by atoms with Gasteiger partial charge in [-0.1, -0.05) is 35.5 Å². The van der Waals surface area contributed by atoms with Gasteiger partial charge in [0.15, 0.2) is 5.82 Å². The molecule has 30 heavy (non-hydrogen) atoms. The van der Waals surface area contributed by atoms with Gasteiger partial charge in [-0.15, -0.1) is 0 Å². The highest BCUT2D eigenvalue weighted by atomic mass is 19.4. The molecule has 7 nitrogen and oxygen atoms in total. The smallest absolute Gasteiger partial charge is 0.334 e. The molecule has 1 aliphatic heterocycles. The lowest BCUT2D eigenvalue weighted by molar-refractivity contribution is -0.198. The molecule has 4 rings (SSSR count). The number of carbonyl (C=O) groups excluding carboxylic acids is 2. The number of benzene rings is 2. The van der Waals surface area contributed by atoms with Crippen molar-refractivity contribution in [2.45, 2.75) is 18.3 Å². The Morgan fingerprint density at radius 3 is 2.33 bits per heavy atom. The fraction of sp³-hybridized carbons (Fsp3) is 0.158. The summed E-state index contributed by atoms with van der Waals surface area (Å²) in [5.74, 6) is -2.22. The lowest BCUT2D eigenvalue weighted by Gasteiger charge is -2.29. The molecular weight excluding hydrogens is 408 g/mol. The van der Waals surface area contributed by atoms with E-state index in [0.717, 1.165) is 24.3 Å². The predicted molar refractivity (Wildman–Crippen MR) is 92.9 cm³/mol. The number of rotatable bonds is 4. The summed E-state index contributed by atoms with van der Waals surface area (Å²) in [5.41, 5.74) is -3.27. The van der Waals surface area contributed by atoms with E-state index in [1.807, 2.05) is 0 Å². The maximum Gasteiger partial charge on any atom is 0.425 e. The van der Waals surface area contributed by atoms with E-state index < -0.39 is 41.6 Å². The van der Waals surface area contributed by atoms with Crippen molar-refractivity contribution in [3.8, 4) is 11.5 Å². The van der Waals surface area contributed by atoms with E-state index in [-0.39, 0.29) is 11.7 Å². The van der Waals surface area contributed by atoms with E-state index in [2.05, 4.69) is 10.1 Å². The minimum atomic E-state index is -5.09. The van der Waals surface area contributed by atoms with E-state index in [4.69, 9.17) is 4.52 Å². The number of carbonyl (C=O) groups is 2. The first-order chi connectivity index (χ1) is 14.2. The van der Waals surface area contributed by atoms with Crippen LogP contribution in [0.1, 0.15) is 11.4 Å².